The topological polar surface area (TPSA) is 72.9 Å². The molecule has 4 heterocycles. The zero-order chi connectivity index (χ0) is 17.1. The van der Waals surface area contributed by atoms with Crippen LogP contribution in [0.25, 0.3) is 0 Å². The minimum atomic E-state index is 0.451. The number of aromatic nitrogens is 5. The number of anilines is 1. The van der Waals surface area contributed by atoms with Gasteiger partial charge in [0.25, 0.3) is 5.95 Å². The number of aryl methyl sites for hydroxylation is 1. The number of piperidine rings is 1. The highest BCUT2D eigenvalue weighted by molar-refractivity contribution is 5.29. The Morgan fingerprint density at radius 1 is 1.16 bits per heavy atom. The van der Waals surface area contributed by atoms with Gasteiger partial charge < -0.3 is 14.0 Å². The molecule has 0 aliphatic carbocycles. The molecular formula is C18H22N6O. The second-order valence-electron chi connectivity index (χ2n) is 6.34. The molecule has 0 radical (unpaired) electrons. The summed E-state index contributed by atoms with van der Waals surface area (Å²) in [7, 11) is 0. The van der Waals surface area contributed by atoms with E-state index >= 15 is 0 Å². The SMILES string of the molecule is CCc1nc(N2CCC(c3nccn3Cc3ccccn3)CC2)no1. The molecule has 0 atom stereocenters. The van der Waals surface area contributed by atoms with Crippen LogP contribution in [0.3, 0.4) is 0 Å². The summed E-state index contributed by atoms with van der Waals surface area (Å²) in [4.78, 5) is 15.7. The van der Waals surface area contributed by atoms with E-state index in [2.05, 4.69) is 29.6 Å². The molecule has 7 nitrogen and oxygen atoms in total. The van der Waals surface area contributed by atoms with Crippen LogP contribution in [0, 0.1) is 0 Å². The van der Waals surface area contributed by atoms with Crippen LogP contribution in [0.2, 0.25) is 0 Å². The van der Waals surface area contributed by atoms with Gasteiger partial charge in [-0.3, -0.25) is 4.98 Å². The lowest BCUT2D eigenvalue weighted by Gasteiger charge is -2.30. The minimum Gasteiger partial charge on any atom is -0.338 e. The Morgan fingerprint density at radius 3 is 2.76 bits per heavy atom. The second kappa shape index (κ2) is 7.04. The summed E-state index contributed by atoms with van der Waals surface area (Å²) in [5.74, 6) is 3.01. The summed E-state index contributed by atoms with van der Waals surface area (Å²) >= 11 is 0. The largest absolute Gasteiger partial charge is 0.338 e. The number of hydrogen-bond acceptors (Lipinski definition) is 6. The van der Waals surface area contributed by atoms with Crippen molar-refractivity contribution in [2.75, 3.05) is 18.0 Å². The summed E-state index contributed by atoms with van der Waals surface area (Å²) in [6.45, 7) is 4.62. The van der Waals surface area contributed by atoms with Crippen molar-refractivity contribution in [3.8, 4) is 0 Å². The standard InChI is InChI=1S/C18H22N6O/c1-2-16-21-18(22-25-16)23-10-6-14(7-11-23)17-20-9-12-24(17)13-15-5-3-4-8-19-15/h3-5,8-9,12,14H,2,6-7,10-11,13H2,1H3. The van der Waals surface area contributed by atoms with Crippen LogP contribution in [0.5, 0.6) is 0 Å². The average Bonchev–Trinajstić information content (AvgIpc) is 3.32. The first kappa shape index (κ1) is 15.8. The lowest BCUT2D eigenvalue weighted by Crippen LogP contribution is -2.34. The van der Waals surface area contributed by atoms with Crippen LogP contribution in [0.4, 0.5) is 5.95 Å². The van der Waals surface area contributed by atoms with Crippen LogP contribution in [0.1, 0.15) is 43.1 Å². The third-order valence-corrected chi connectivity index (χ3v) is 4.71. The van der Waals surface area contributed by atoms with Gasteiger partial charge >= 0.3 is 0 Å². The highest BCUT2D eigenvalue weighted by Crippen LogP contribution is 2.29. The van der Waals surface area contributed by atoms with E-state index in [4.69, 9.17) is 4.52 Å². The first-order valence-electron chi connectivity index (χ1n) is 8.82. The molecule has 7 heteroatoms. The fraction of sp³-hybridized carbons (Fsp3) is 0.444. The minimum absolute atomic E-state index is 0.451. The Bertz CT molecular complexity index is 804. The molecule has 25 heavy (non-hydrogen) atoms. The van der Waals surface area contributed by atoms with Crippen LogP contribution >= 0.6 is 0 Å². The van der Waals surface area contributed by atoms with Gasteiger partial charge in [-0.25, -0.2) is 4.98 Å². The van der Waals surface area contributed by atoms with Gasteiger partial charge in [-0.2, -0.15) is 4.98 Å². The molecule has 3 aromatic rings. The number of imidazole rings is 1. The van der Waals surface area contributed by atoms with Gasteiger partial charge in [0.15, 0.2) is 0 Å². The lowest BCUT2D eigenvalue weighted by molar-refractivity contribution is 0.378. The maximum Gasteiger partial charge on any atom is 0.266 e. The Labute approximate surface area is 146 Å². The van der Waals surface area contributed by atoms with Gasteiger partial charge in [-0.05, 0) is 30.1 Å². The zero-order valence-corrected chi connectivity index (χ0v) is 14.4. The number of pyridine rings is 1. The molecule has 130 valence electrons. The highest BCUT2D eigenvalue weighted by atomic mass is 16.5. The van der Waals surface area contributed by atoms with E-state index in [0.29, 0.717) is 17.8 Å². The smallest absolute Gasteiger partial charge is 0.266 e. The number of nitrogens with zero attached hydrogens (tertiary/aromatic N) is 6. The summed E-state index contributed by atoms with van der Waals surface area (Å²) in [5.41, 5.74) is 1.05. The van der Waals surface area contributed by atoms with Crippen molar-refractivity contribution < 1.29 is 4.52 Å². The summed E-state index contributed by atoms with van der Waals surface area (Å²) < 4.78 is 7.44. The van der Waals surface area contributed by atoms with E-state index in [9.17, 15) is 0 Å². The van der Waals surface area contributed by atoms with Crippen molar-refractivity contribution in [3.63, 3.8) is 0 Å². The van der Waals surface area contributed by atoms with E-state index < -0.39 is 0 Å². The van der Waals surface area contributed by atoms with Gasteiger partial charge in [0.1, 0.15) is 5.82 Å². The van der Waals surface area contributed by atoms with Gasteiger partial charge in [0, 0.05) is 44.0 Å². The van der Waals surface area contributed by atoms with E-state index in [0.717, 1.165) is 50.4 Å². The summed E-state index contributed by atoms with van der Waals surface area (Å²) in [6.07, 6.45) is 8.61. The molecule has 4 rings (SSSR count). The molecule has 1 aliphatic heterocycles. The molecule has 0 saturated carbocycles. The summed E-state index contributed by atoms with van der Waals surface area (Å²) in [5, 5.41) is 4.08. The van der Waals surface area contributed by atoms with Crippen LogP contribution in [-0.2, 0) is 13.0 Å². The summed E-state index contributed by atoms with van der Waals surface area (Å²) in [6, 6.07) is 6.01. The molecule has 1 saturated heterocycles. The first-order valence-corrected chi connectivity index (χ1v) is 8.82. The zero-order valence-electron chi connectivity index (χ0n) is 14.4. The first-order chi connectivity index (χ1) is 12.3. The molecule has 0 bridgehead atoms. The van der Waals surface area contributed by atoms with Crippen molar-refractivity contribution in [2.45, 2.75) is 38.6 Å². The van der Waals surface area contributed by atoms with E-state index in [-0.39, 0.29) is 0 Å². The van der Waals surface area contributed by atoms with Gasteiger partial charge in [-0.1, -0.05) is 13.0 Å². The molecule has 0 amide bonds. The van der Waals surface area contributed by atoms with Crippen molar-refractivity contribution >= 4 is 5.95 Å². The van der Waals surface area contributed by atoms with Gasteiger partial charge in [0.05, 0.1) is 12.2 Å². The third kappa shape index (κ3) is 3.40. The van der Waals surface area contributed by atoms with Gasteiger partial charge in [-0.15, -0.1) is 0 Å². The second-order valence-corrected chi connectivity index (χ2v) is 6.34. The predicted octanol–water partition coefficient (Wildman–Crippen LogP) is 2.66. The van der Waals surface area contributed by atoms with Crippen molar-refractivity contribution in [1.29, 1.82) is 0 Å². The fourth-order valence-corrected chi connectivity index (χ4v) is 3.34. The Morgan fingerprint density at radius 2 is 2.04 bits per heavy atom. The normalized spacial score (nSPS) is 15.6. The molecule has 3 aromatic heterocycles. The van der Waals surface area contributed by atoms with Gasteiger partial charge in [0.2, 0.25) is 5.89 Å². The van der Waals surface area contributed by atoms with Crippen LogP contribution < -0.4 is 4.90 Å². The molecule has 1 aliphatic rings. The number of rotatable bonds is 5. The maximum absolute atomic E-state index is 5.23. The van der Waals surface area contributed by atoms with Crippen molar-refractivity contribution in [3.05, 3.63) is 54.2 Å². The quantitative estimate of drug-likeness (QED) is 0.712. The fourth-order valence-electron chi connectivity index (χ4n) is 3.34. The van der Waals surface area contributed by atoms with Crippen molar-refractivity contribution in [2.24, 2.45) is 0 Å². The van der Waals surface area contributed by atoms with E-state index in [1.54, 1.807) is 0 Å². The average molecular weight is 338 g/mol. The molecule has 0 unspecified atom stereocenters. The Balaban J connectivity index is 1.42. The van der Waals surface area contributed by atoms with Crippen molar-refractivity contribution in [1.82, 2.24) is 24.7 Å². The monoisotopic (exact) mass is 338 g/mol. The lowest BCUT2D eigenvalue weighted by atomic mass is 9.96. The molecule has 0 spiro atoms. The maximum atomic E-state index is 5.23. The highest BCUT2D eigenvalue weighted by Gasteiger charge is 2.26. The Kier molecular flexibility index (Phi) is 4.45. The van der Waals surface area contributed by atoms with E-state index in [1.165, 1.54) is 0 Å². The van der Waals surface area contributed by atoms with Crippen LogP contribution in [0.15, 0.2) is 41.3 Å². The Hall–Kier alpha value is -2.70. The third-order valence-electron chi connectivity index (χ3n) is 4.71. The predicted molar refractivity (Wildman–Crippen MR) is 93.4 cm³/mol. The van der Waals surface area contributed by atoms with E-state index in [1.807, 2.05) is 43.7 Å². The molecule has 0 N–H and O–H groups in total. The molecule has 0 aromatic carbocycles. The van der Waals surface area contributed by atoms with Crippen LogP contribution in [-0.4, -0.2) is 37.8 Å². The number of hydrogen-bond donors (Lipinski definition) is 0. The molecule has 1 fully saturated rings. The molecular weight excluding hydrogens is 316 g/mol.